The average Bonchev–Trinajstić information content (AvgIpc) is 2.74. The van der Waals surface area contributed by atoms with Crippen molar-refractivity contribution in [1.82, 2.24) is 4.98 Å². The van der Waals surface area contributed by atoms with Crippen LogP contribution in [0.25, 0.3) is 0 Å². The summed E-state index contributed by atoms with van der Waals surface area (Å²) in [6.07, 6.45) is 0.791. The van der Waals surface area contributed by atoms with E-state index in [1.165, 1.54) is 0 Å². The largest absolute Gasteiger partial charge is 0.367 e. The molecule has 2 rings (SSSR count). The van der Waals surface area contributed by atoms with E-state index in [4.69, 9.17) is 11.6 Å². The maximum atomic E-state index is 10.7. The number of aromatic nitrogens is 1. The van der Waals surface area contributed by atoms with Crippen LogP contribution in [0.5, 0.6) is 0 Å². The predicted octanol–water partition coefficient (Wildman–Crippen LogP) is 3.55. The van der Waals surface area contributed by atoms with Crippen LogP contribution in [0.15, 0.2) is 23.6 Å². The Labute approximate surface area is 115 Å². The number of carbonyl (C=O) groups excluding carboxylic acids is 1. The van der Waals surface area contributed by atoms with Gasteiger partial charge in [0.2, 0.25) is 0 Å². The van der Waals surface area contributed by atoms with Gasteiger partial charge in [-0.25, -0.2) is 4.98 Å². The van der Waals surface area contributed by atoms with Gasteiger partial charge in [-0.15, -0.1) is 11.3 Å². The van der Waals surface area contributed by atoms with Gasteiger partial charge in [0.1, 0.15) is 6.29 Å². The zero-order valence-electron chi connectivity index (χ0n) is 10.2. The number of anilines is 1. The second-order valence-electron chi connectivity index (χ2n) is 4.04. The maximum Gasteiger partial charge on any atom is 0.150 e. The normalized spacial score (nSPS) is 10.4. The van der Waals surface area contributed by atoms with Gasteiger partial charge in [0.15, 0.2) is 0 Å². The third-order valence-corrected chi connectivity index (χ3v) is 3.71. The number of halogens is 1. The summed E-state index contributed by atoms with van der Waals surface area (Å²) in [6, 6.07) is 5.29. The van der Waals surface area contributed by atoms with Gasteiger partial charge in [-0.3, -0.25) is 4.79 Å². The number of aryl methyl sites for hydroxylation is 1. The third kappa shape index (κ3) is 2.89. The van der Waals surface area contributed by atoms with Crippen LogP contribution in [-0.4, -0.2) is 18.3 Å². The quantitative estimate of drug-likeness (QED) is 0.803. The molecule has 0 aliphatic heterocycles. The minimum atomic E-state index is 0.578. The van der Waals surface area contributed by atoms with E-state index in [0.717, 1.165) is 22.7 Å². The highest BCUT2D eigenvalue weighted by Crippen LogP contribution is 2.26. The number of hydrogen-bond donors (Lipinski definition) is 0. The molecule has 3 nitrogen and oxygen atoms in total. The molecule has 0 atom stereocenters. The molecule has 0 spiro atoms. The SMILES string of the molecule is Cc1nc(CN(C)c2ccc(C=O)cc2Cl)cs1. The van der Waals surface area contributed by atoms with Crippen LogP contribution < -0.4 is 4.90 Å². The van der Waals surface area contributed by atoms with Crippen molar-refractivity contribution in [2.75, 3.05) is 11.9 Å². The van der Waals surface area contributed by atoms with Crippen molar-refractivity contribution in [1.29, 1.82) is 0 Å². The lowest BCUT2D eigenvalue weighted by molar-refractivity contribution is 0.112. The smallest absolute Gasteiger partial charge is 0.150 e. The van der Waals surface area contributed by atoms with Crippen LogP contribution in [0.2, 0.25) is 5.02 Å². The molecule has 94 valence electrons. The molecule has 0 saturated heterocycles. The van der Waals surface area contributed by atoms with E-state index in [0.29, 0.717) is 17.1 Å². The molecular formula is C13H13ClN2OS. The van der Waals surface area contributed by atoms with Crippen LogP contribution >= 0.6 is 22.9 Å². The van der Waals surface area contributed by atoms with E-state index in [2.05, 4.69) is 4.98 Å². The van der Waals surface area contributed by atoms with Gasteiger partial charge in [-0.1, -0.05) is 11.6 Å². The number of hydrogen-bond acceptors (Lipinski definition) is 4. The molecule has 0 fully saturated rings. The van der Waals surface area contributed by atoms with Crippen LogP contribution in [0.3, 0.4) is 0 Å². The Morgan fingerprint density at radius 2 is 2.28 bits per heavy atom. The lowest BCUT2D eigenvalue weighted by Crippen LogP contribution is -2.17. The van der Waals surface area contributed by atoms with Crippen molar-refractivity contribution in [3.63, 3.8) is 0 Å². The molecule has 2 aromatic rings. The van der Waals surface area contributed by atoms with E-state index in [-0.39, 0.29) is 0 Å². The van der Waals surface area contributed by atoms with E-state index >= 15 is 0 Å². The first-order valence-corrected chi connectivity index (χ1v) is 6.73. The van der Waals surface area contributed by atoms with Gasteiger partial charge in [-0.2, -0.15) is 0 Å². The van der Waals surface area contributed by atoms with E-state index in [1.54, 1.807) is 23.5 Å². The second-order valence-corrected chi connectivity index (χ2v) is 5.51. The Morgan fingerprint density at radius 3 is 2.83 bits per heavy atom. The molecular weight excluding hydrogens is 268 g/mol. The lowest BCUT2D eigenvalue weighted by Gasteiger charge is -2.19. The summed E-state index contributed by atoms with van der Waals surface area (Å²) < 4.78 is 0. The Bertz CT molecular complexity index is 568. The van der Waals surface area contributed by atoms with Crippen LogP contribution in [0.4, 0.5) is 5.69 Å². The van der Waals surface area contributed by atoms with E-state index in [9.17, 15) is 4.79 Å². The molecule has 0 bridgehead atoms. The molecule has 0 radical (unpaired) electrons. The molecule has 0 saturated carbocycles. The van der Waals surface area contributed by atoms with Crippen LogP contribution in [-0.2, 0) is 6.54 Å². The Morgan fingerprint density at radius 1 is 1.50 bits per heavy atom. The summed E-state index contributed by atoms with van der Waals surface area (Å²) in [5.41, 5.74) is 2.50. The summed E-state index contributed by atoms with van der Waals surface area (Å²) >= 11 is 7.79. The molecule has 0 N–H and O–H groups in total. The fourth-order valence-electron chi connectivity index (χ4n) is 1.72. The zero-order valence-corrected chi connectivity index (χ0v) is 11.8. The molecule has 5 heteroatoms. The van der Waals surface area contributed by atoms with Crippen molar-refractivity contribution in [2.45, 2.75) is 13.5 Å². The number of rotatable bonds is 4. The first-order chi connectivity index (χ1) is 8.60. The van der Waals surface area contributed by atoms with Gasteiger partial charge in [0, 0.05) is 18.0 Å². The van der Waals surface area contributed by atoms with Crippen molar-refractivity contribution in [2.24, 2.45) is 0 Å². The molecule has 18 heavy (non-hydrogen) atoms. The molecule has 1 aromatic carbocycles. The number of carbonyl (C=O) groups is 1. The standard InChI is InChI=1S/C13H13ClN2OS/c1-9-15-11(8-18-9)6-16(2)13-4-3-10(7-17)5-12(13)14/h3-5,7-8H,6H2,1-2H3. The van der Waals surface area contributed by atoms with Gasteiger partial charge < -0.3 is 4.90 Å². The lowest BCUT2D eigenvalue weighted by atomic mass is 10.2. The predicted molar refractivity (Wildman–Crippen MR) is 75.8 cm³/mol. The monoisotopic (exact) mass is 280 g/mol. The summed E-state index contributed by atoms with van der Waals surface area (Å²) in [6.45, 7) is 2.69. The minimum Gasteiger partial charge on any atom is -0.367 e. The van der Waals surface area contributed by atoms with E-state index in [1.807, 2.05) is 30.3 Å². The molecule has 1 heterocycles. The number of thiazole rings is 1. The highest BCUT2D eigenvalue weighted by atomic mass is 35.5. The minimum absolute atomic E-state index is 0.578. The van der Waals surface area contributed by atoms with Crippen LogP contribution in [0.1, 0.15) is 21.1 Å². The molecule has 1 aromatic heterocycles. The van der Waals surface area contributed by atoms with Crippen molar-refractivity contribution < 1.29 is 4.79 Å². The first kappa shape index (κ1) is 13.1. The zero-order chi connectivity index (χ0) is 13.1. The summed E-state index contributed by atoms with van der Waals surface area (Å²) in [5, 5.41) is 3.68. The third-order valence-electron chi connectivity index (χ3n) is 2.58. The average molecular weight is 281 g/mol. The van der Waals surface area contributed by atoms with Crippen molar-refractivity contribution in [3.8, 4) is 0 Å². The van der Waals surface area contributed by atoms with Crippen molar-refractivity contribution >= 4 is 34.9 Å². The number of benzene rings is 1. The molecule has 0 unspecified atom stereocenters. The van der Waals surface area contributed by atoms with Gasteiger partial charge >= 0.3 is 0 Å². The van der Waals surface area contributed by atoms with E-state index < -0.39 is 0 Å². The maximum absolute atomic E-state index is 10.7. The van der Waals surface area contributed by atoms with Gasteiger partial charge in [0.05, 0.1) is 28.0 Å². The Balaban J connectivity index is 2.18. The highest BCUT2D eigenvalue weighted by Gasteiger charge is 2.09. The first-order valence-electron chi connectivity index (χ1n) is 5.47. The summed E-state index contributed by atoms with van der Waals surface area (Å²) in [4.78, 5) is 17.1. The molecule has 0 amide bonds. The molecule has 0 aliphatic carbocycles. The highest BCUT2D eigenvalue weighted by molar-refractivity contribution is 7.09. The van der Waals surface area contributed by atoms with Crippen molar-refractivity contribution in [3.05, 3.63) is 44.9 Å². The number of nitrogens with zero attached hydrogens (tertiary/aromatic N) is 2. The Kier molecular flexibility index (Phi) is 3.99. The number of aldehydes is 1. The fraction of sp³-hybridized carbons (Fsp3) is 0.231. The summed E-state index contributed by atoms with van der Waals surface area (Å²) in [7, 11) is 1.95. The second kappa shape index (κ2) is 5.50. The fourth-order valence-corrected chi connectivity index (χ4v) is 2.65. The molecule has 0 aliphatic rings. The summed E-state index contributed by atoms with van der Waals surface area (Å²) in [5.74, 6) is 0. The van der Waals surface area contributed by atoms with Gasteiger partial charge in [-0.05, 0) is 25.1 Å². The Hall–Kier alpha value is -1.39. The van der Waals surface area contributed by atoms with Gasteiger partial charge in [0.25, 0.3) is 0 Å². The topological polar surface area (TPSA) is 33.2 Å². The van der Waals surface area contributed by atoms with Crippen LogP contribution in [0, 0.1) is 6.92 Å².